The fourth-order valence-electron chi connectivity index (χ4n) is 2.76. The summed E-state index contributed by atoms with van der Waals surface area (Å²) in [6.45, 7) is 1.96. The van der Waals surface area contributed by atoms with Crippen molar-refractivity contribution in [3.63, 3.8) is 0 Å². The van der Waals surface area contributed by atoms with Crippen molar-refractivity contribution in [2.24, 2.45) is 0 Å². The first-order valence-electron chi connectivity index (χ1n) is 6.41. The Balaban J connectivity index is 1.88. The molecule has 3 nitrogen and oxygen atoms in total. The van der Waals surface area contributed by atoms with Crippen molar-refractivity contribution < 1.29 is 14.6 Å². The molecule has 18 heavy (non-hydrogen) atoms. The van der Waals surface area contributed by atoms with Gasteiger partial charge in [-0.25, -0.2) is 0 Å². The number of ether oxygens (including phenoxy) is 2. The summed E-state index contributed by atoms with van der Waals surface area (Å²) >= 11 is 6.13. The molecule has 0 spiro atoms. The molecule has 98 valence electrons. The second kappa shape index (κ2) is 4.72. The molecule has 1 fully saturated rings. The van der Waals surface area contributed by atoms with Crippen LogP contribution < -0.4 is 4.74 Å². The quantitative estimate of drug-likeness (QED) is 0.895. The highest BCUT2D eigenvalue weighted by molar-refractivity contribution is 6.30. The van der Waals surface area contributed by atoms with Crippen LogP contribution in [-0.2, 0) is 17.6 Å². The molecule has 0 unspecified atom stereocenters. The monoisotopic (exact) mass is 268 g/mol. The van der Waals surface area contributed by atoms with Crippen molar-refractivity contribution in [3.8, 4) is 5.75 Å². The first-order valence-corrected chi connectivity index (χ1v) is 6.78. The van der Waals surface area contributed by atoms with Gasteiger partial charge in [0.1, 0.15) is 5.75 Å². The molecule has 0 bridgehead atoms. The van der Waals surface area contributed by atoms with Gasteiger partial charge in [0, 0.05) is 31.1 Å². The maximum atomic E-state index is 10.6. The van der Waals surface area contributed by atoms with E-state index in [0.717, 1.165) is 28.3 Å². The Labute approximate surface area is 112 Å². The van der Waals surface area contributed by atoms with E-state index >= 15 is 0 Å². The minimum Gasteiger partial charge on any atom is -0.493 e. The Morgan fingerprint density at radius 1 is 1.22 bits per heavy atom. The fraction of sp³-hybridized carbons (Fsp3) is 0.571. The van der Waals surface area contributed by atoms with Crippen LogP contribution in [0.15, 0.2) is 12.1 Å². The molecule has 0 aromatic heterocycles. The van der Waals surface area contributed by atoms with E-state index < -0.39 is 5.60 Å². The average molecular weight is 269 g/mol. The van der Waals surface area contributed by atoms with Crippen LogP contribution in [0.3, 0.4) is 0 Å². The normalized spacial score (nSPS) is 21.4. The molecular weight excluding hydrogens is 252 g/mol. The Morgan fingerprint density at radius 3 is 2.78 bits per heavy atom. The van der Waals surface area contributed by atoms with Gasteiger partial charge in [0.15, 0.2) is 0 Å². The molecule has 0 amide bonds. The minimum absolute atomic E-state index is 0.596. The van der Waals surface area contributed by atoms with E-state index in [1.807, 2.05) is 12.1 Å². The Morgan fingerprint density at radius 2 is 2.00 bits per heavy atom. The number of halogens is 1. The van der Waals surface area contributed by atoms with Gasteiger partial charge in [-0.3, -0.25) is 0 Å². The zero-order valence-corrected chi connectivity index (χ0v) is 11.0. The summed E-state index contributed by atoms with van der Waals surface area (Å²) in [7, 11) is 0. The standard InChI is InChI=1S/C14H17ClO3/c15-12-7-10-1-4-18-13(10)11(8-12)9-14(16)2-5-17-6-3-14/h7-8,16H,1-6,9H2. The molecule has 1 saturated heterocycles. The largest absolute Gasteiger partial charge is 0.493 e. The van der Waals surface area contributed by atoms with Crippen molar-refractivity contribution in [1.82, 2.24) is 0 Å². The molecule has 0 aliphatic carbocycles. The van der Waals surface area contributed by atoms with Crippen molar-refractivity contribution in [3.05, 3.63) is 28.3 Å². The lowest BCUT2D eigenvalue weighted by molar-refractivity contribution is -0.0628. The summed E-state index contributed by atoms with van der Waals surface area (Å²) < 4.78 is 11.0. The zero-order valence-electron chi connectivity index (χ0n) is 10.2. The molecule has 3 rings (SSSR count). The summed E-state index contributed by atoms with van der Waals surface area (Å²) in [6, 6.07) is 3.88. The summed E-state index contributed by atoms with van der Waals surface area (Å²) in [5, 5.41) is 11.3. The first-order chi connectivity index (χ1) is 8.66. The molecule has 1 aromatic carbocycles. The van der Waals surface area contributed by atoms with E-state index in [4.69, 9.17) is 21.1 Å². The number of benzene rings is 1. The third kappa shape index (κ3) is 2.35. The highest BCUT2D eigenvalue weighted by atomic mass is 35.5. The third-order valence-electron chi connectivity index (χ3n) is 3.77. The predicted octanol–water partition coefficient (Wildman–Crippen LogP) is 2.36. The highest BCUT2D eigenvalue weighted by Gasteiger charge is 2.32. The molecule has 1 aromatic rings. The van der Waals surface area contributed by atoms with Gasteiger partial charge < -0.3 is 14.6 Å². The van der Waals surface area contributed by atoms with Gasteiger partial charge in [0.2, 0.25) is 0 Å². The third-order valence-corrected chi connectivity index (χ3v) is 3.99. The van der Waals surface area contributed by atoms with E-state index in [2.05, 4.69) is 0 Å². The van der Waals surface area contributed by atoms with Gasteiger partial charge in [0.25, 0.3) is 0 Å². The van der Waals surface area contributed by atoms with Crippen LogP contribution in [-0.4, -0.2) is 30.5 Å². The number of aliphatic hydroxyl groups is 1. The zero-order chi connectivity index (χ0) is 12.6. The lowest BCUT2D eigenvalue weighted by Gasteiger charge is -2.32. The fourth-order valence-corrected chi connectivity index (χ4v) is 3.02. The average Bonchev–Trinajstić information content (AvgIpc) is 2.77. The Kier molecular flexibility index (Phi) is 3.22. The first kappa shape index (κ1) is 12.3. The topological polar surface area (TPSA) is 38.7 Å². The summed E-state index contributed by atoms with van der Waals surface area (Å²) in [6.07, 6.45) is 2.85. The van der Waals surface area contributed by atoms with Crippen molar-refractivity contribution in [2.45, 2.75) is 31.3 Å². The smallest absolute Gasteiger partial charge is 0.126 e. The maximum absolute atomic E-state index is 10.6. The Hall–Kier alpha value is -0.770. The summed E-state index contributed by atoms with van der Waals surface area (Å²) in [5.74, 6) is 0.930. The van der Waals surface area contributed by atoms with Crippen LogP contribution in [0.25, 0.3) is 0 Å². The minimum atomic E-state index is -0.678. The van der Waals surface area contributed by atoms with E-state index in [-0.39, 0.29) is 0 Å². The molecule has 0 saturated carbocycles. The molecule has 1 N–H and O–H groups in total. The van der Waals surface area contributed by atoms with E-state index in [1.54, 1.807) is 0 Å². The number of hydrogen-bond acceptors (Lipinski definition) is 3. The number of hydrogen-bond donors (Lipinski definition) is 1. The van der Waals surface area contributed by atoms with Crippen LogP contribution in [0.2, 0.25) is 5.02 Å². The van der Waals surface area contributed by atoms with E-state index in [1.165, 1.54) is 0 Å². The van der Waals surface area contributed by atoms with Gasteiger partial charge in [-0.2, -0.15) is 0 Å². The summed E-state index contributed by atoms with van der Waals surface area (Å²) in [5.41, 5.74) is 1.51. The predicted molar refractivity (Wildman–Crippen MR) is 69.4 cm³/mol. The van der Waals surface area contributed by atoms with Gasteiger partial charge in [0.05, 0.1) is 12.2 Å². The molecular formula is C14H17ClO3. The maximum Gasteiger partial charge on any atom is 0.126 e. The number of fused-ring (bicyclic) bond motifs is 1. The highest BCUT2D eigenvalue weighted by Crippen LogP contribution is 2.36. The van der Waals surface area contributed by atoms with Crippen LogP contribution in [0.4, 0.5) is 0 Å². The van der Waals surface area contributed by atoms with Gasteiger partial charge in [-0.05, 0) is 36.1 Å². The van der Waals surface area contributed by atoms with Crippen molar-refractivity contribution in [1.29, 1.82) is 0 Å². The molecule has 4 heteroatoms. The SMILES string of the molecule is OC1(Cc2cc(Cl)cc3c2OCC3)CCOCC1. The Bertz CT molecular complexity index is 453. The van der Waals surface area contributed by atoms with Crippen molar-refractivity contribution in [2.75, 3.05) is 19.8 Å². The molecule has 0 atom stereocenters. The van der Waals surface area contributed by atoms with Crippen molar-refractivity contribution >= 4 is 11.6 Å². The van der Waals surface area contributed by atoms with E-state index in [9.17, 15) is 5.11 Å². The molecule has 2 aliphatic heterocycles. The second-order valence-electron chi connectivity index (χ2n) is 5.17. The van der Waals surface area contributed by atoms with Gasteiger partial charge in [-0.1, -0.05) is 11.6 Å². The molecule has 2 aliphatic rings. The van der Waals surface area contributed by atoms with Crippen LogP contribution in [0.5, 0.6) is 5.75 Å². The molecule has 0 radical (unpaired) electrons. The van der Waals surface area contributed by atoms with Crippen LogP contribution in [0.1, 0.15) is 24.0 Å². The van der Waals surface area contributed by atoms with Crippen LogP contribution in [0, 0.1) is 0 Å². The number of rotatable bonds is 2. The second-order valence-corrected chi connectivity index (χ2v) is 5.60. The lowest BCUT2D eigenvalue weighted by atomic mass is 9.86. The van der Waals surface area contributed by atoms with Gasteiger partial charge >= 0.3 is 0 Å². The lowest BCUT2D eigenvalue weighted by Crippen LogP contribution is -2.38. The van der Waals surface area contributed by atoms with E-state index in [0.29, 0.717) is 39.1 Å². The van der Waals surface area contributed by atoms with Crippen LogP contribution >= 0.6 is 11.6 Å². The summed E-state index contributed by atoms with van der Waals surface area (Å²) in [4.78, 5) is 0. The molecule has 2 heterocycles. The van der Waals surface area contributed by atoms with Gasteiger partial charge in [-0.15, -0.1) is 0 Å².